The summed E-state index contributed by atoms with van der Waals surface area (Å²) >= 11 is 0. The van der Waals surface area contributed by atoms with E-state index < -0.39 is 125 Å². The Morgan fingerprint density at radius 1 is 0.814 bits per heavy atom. The summed E-state index contributed by atoms with van der Waals surface area (Å²) in [5, 5.41) is 65.8. The molecule has 0 radical (unpaired) electrons. The number of phosphoric acid groups is 1. The predicted octanol–water partition coefficient (Wildman–Crippen LogP) is -7.37. The summed E-state index contributed by atoms with van der Waals surface area (Å²) in [7, 11) is -3.79. The Bertz CT molecular complexity index is 1030. The largest absolute Gasteiger partial charge is 0.470 e. The second-order valence-corrected chi connectivity index (χ2v) is 11.6. The van der Waals surface area contributed by atoms with Crippen molar-refractivity contribution in [2.24, 2.45) is 38.8 Å². The molecule has 22 heteroatoms. The Balaban J connectivity index is 1.95. The minimum Gasteiger partial charge on any atom is -0.396 e. The molecule has 21 nitrogen and oxygen atoms in total. The van der Waals surface area contributed by atoms with Crippen LogP contribution in [0.25, 0.3) is 0 Å². The predicted molar refractivity (Wildman–Crippen MR) is 143 cm³/mol. The highest BCUT2D eigenvalue weighted by Crippen LogP contribution is 2.42. The number of aliphatic imine (C=N–C) groups is 2. The average molecular weight is 648 g/mol. The first-order valence-corrected chi connectivity index (χ1v) is 14.7. The number of hydrogen-bond acceptors (Lipinski definition) is 15. The van der Waals surface area contributed by atoms with Gasteiger partial charge >= 0.3 is 7.82 Å². The summed E-state index contributed by atoms with van der Waals surface area (Å²) in [5.74, 6) is -1.84. The maximum Gasteiger partial charge on any atom is 0.470 e. The van der Waals surface area contributed by atoms with Crippen LogP contribution in [0.3, 0.4) is 0 Å². The van der Waals surface area contributed by atoms with Gasteiger partial charge in [-0.2, -0.15) is 0 Å². The van der Waals surface area contributed by atoms with Crippen molar-refractivity contribution in [2.75, 3.05) is 20.3 Å². The van der Waals surface area contributed by atoms with Gasteiger partial charge in [0.2, 0.25) is 0 Å². The fourth-order valence-corrected chi connectivity index (χ4v) is 6.04. The number of aliphatic hydroxyl groups excluding tert-OH is 6. The van der Waals surface area contributed by atoms with E-state index in [0.29, 0.717) is 0 Å². The van der Waals surface area contributed by atoms with E-state index in [4.69, 9.17) is 46.4 Å². The third-order valence-corrected chi connectivity index (χ3v) is 8.07. The molecular weight excluding hydrogens is 605 g/mol. The number of nitrogens with two attached hydrogens (primary N) is 4. The summed E-state index contributed by atoms with van der Waals surface area (Å²) in [6.07, 6.45) is -16.6. The highest BCUT2D eigenvalue weighted by atomic mass is 31.2. The molecule has 1 saturated carbocycles. The highest BCUT2D eigenvalue weighted by molar-refractivity contribution is 7.46. The van der Waals surface area contributed by atoms with Crippen LogP contribution in [0.1, 0.15) is 6.92 Å². The van der Waals surface area contributed by atoms with Crippen LogP contribution in [0.2, 0.25) is 0 Å². The van der Waals surface area contributed by atoms with Crippen LogP contribution in [0.4, 0.5) is 0 Å². The van der Waals surface area contributed by atoms with Gasteiger partial charge in [0.25, 0.3) is 0 Å². The van der Waals surface area contributed by atoms with Crippen LogP contribution < -0.4 is 28.3 Å². The van der Waals surface area contributed by atoms with Crippen molar-refractivity contribution in [1.82, 2.24) is 5.32 Å². The Labute approximate surface area is 245 Å². The van der Waals surface area contributed by atoms with E-state index in [1.807, 2.05) is 0 Å². The lowest BCUT2D eigenvalue weighted by Crippen LogP contribution is -2.66. The monoisotopic (exact) mass is 647 g/mol. The zero-order valence-corrected chi connectivity index (χ0v) is 24.1. The van der Waals surface area contributed by atoms with Gasteiger partial charge in [-0.1, -0.05) is 0 Å². The lowest BCUT2D eigenvalue weighted by molar-refractivity contribution is -0.308. The van der Waals surface area contributed by atoms with Gasteiger partial charge in [0, 0.05) is 5.92 Å². The van der Waals surface area contributed by atoms with Crippen LogP contribution >= 0.6 is 7.82 Å². The highest BCUT2D eigenvalue weighted by Gasteiger charge is 2.56. The molecule has 15 unspecified atom stereocenters. The lowest BCUT2D eigenvalue weighted by atomic mass is 9.81. The first-order valence-electron chi connectivity index (χ1n) is 13.2. The molecule has 1 aliphatic carbocycles. The second-order valence-electron chi connectivity index (χ2n) is 10.4. The first-order chi connectivity index (χ1) is 20.0. The van der Waals surface area contributed by atoms with Crippen LogP contribution in [0, 0.1) is 5.92 Å². The number of rotatable bonds is 11. The molecule has 15 atom stereocenters. The Morgan fingerprint density at radius 2 is 1.40 bits per heavy atom. The molecule has 2 aliphatic heterocycles. The van der Waals surface area contributed by atoms with Crippen molar-refractivity contribution in [2.45, 2.75) is 92.6 Å². The van der Waals surface area contributed by atoms with E-state index in [1.165, 1.54) is 7.05 Å². The molecule has 43 heavy (non-hydrogen) atoms. The maximum absolute atomic E-state index is 11.6. The van der Waals surface area contributed by atoms with Crippen LogP contribution in [0.5, 0.6) is 0 Å². The van der Waals surface area contributed by atoms with Crippen molar-refractivity contribution < 1.29 is 68.5 Å². The quantitative estimate of drug-likeness (QED) is 0.0562. The summed E-state index contributed by atoms with van der Waals surface area (Å²) in [6, 6.07) is -4.15. The molecule has 3 fully saturated rings. The Hall–Kier alpha value is -1.79. The Morgan fingerprint density at radius 3 is 1.91 bits per heavy atom. The zero-order chi connectivity index (χ0) is 32.4. The number of hydrogen-bond donors (Lipinski definition) is 13. The SMILES string of the molecule is CNC1C(OC2C(OC3C(O)C(O)C(N=C(N)N)C(O)C3N=C(N)N)OC(C)C2CO)OC(CO)C(O)C1OP(=O)(O)O. The topological polar surface area (TPSA) is 366 Å². The minimum atomic E-state index is -5.15. The number of nitrogens with zero attached hydrogens (tertiary/aromatic N) is 2. The number of nitrogens with one attached hydrogen (secondary N) is 1. The van der Waals surface area contributed by atoms with Gasteiger partial charge < -0.3 is 87.6 Å². The standard InChI is InChI=1S/C21H42N7O14P/c1-5-6(3-29)15(40-18-10(26-2)17(42-43(35,36)37)11(31)7(4-30)39-18)19(38-5)41-16-9(28-21(24)25)12(32)8(27-20(22)23)13(33)14(16)34/h5-19,26,29-34H,3-4H2,1-2H3,(H4,22,23,27)(H4,24,25,28)(H2,35,36,37). The van der Waals surface area contributed by atoms with Crippen LogP contribution in [-0.4, -0.2) is 158 Å². The molecule has 0 aromatic rings. The molecule has 17 N–H and O–H groups in total. The van der Waals surface area contributed by atoms with Gasteiger partial charge in [0.15, 0.2) is 24.5 Å². The van der Waals surface area contributed by atoms with Gasteiger partial charge in [-0.15, -0.1) is 0 Å². The third-order valence-electron chi connectivity index (χ3n) is 7.55. The average Bonchev–Trinajstić information content (AvgIpc) is 3.21. The number of ether oxygens (including phenoxy) is 4. The van der Waals surface area contributed by atoms with E-state index in [0.717, 1.165) is 0 Å². The summed E-state index contributed by atoms with van der Waals surface area (Å²) in [5.41, 5.74) is 21.9. The number of phosphoric ester groups is 1. The molecule has 0 spiro atoms. The van der Waals surface area contributed by atoms with E-state index in [9.17, 15) is 45.0 Å². The zero-order valence-electron chi connectivity index (χ0n) is 23.3. The van der Waals surface area contributed by atoms with Crippen molar-refractivity contribution in [3.05, 3.63) is 0 Å². The van der Waals surface area contributed by atoms with Gasteiger partial charge in [0.1, 0.15) is 60.9 Å². The van der Waals surface area contributed by atoms with Gasteiger partial charge in [-0.05, 0) is 14.0 Å². The van der Waals surface area contributed by atoms with Gasteiger partial charge in [-0.25, -0.2) is 14.5 Å². The molecule has 0 bridgehead atoms. The number of aliphatic hydroxyl groups is 6. The van der Waals surface area contributed by atoms with E-state index in [-0.39, 0.29) is 0 Å². The van der Waals surface area contributed by atoms with Crippen molar-refractivity contribution in [1.29, 1.82) is 0 Å². The normalized spacial score (nSPS) is 43.7. The fraction of sp³-hybridized carbons (Fsp3) is 0.905. The molecule has 3 rings (SSSR count). The summed E-state index contributed by atoms with van der Waals surface area (Å²) in [6.45, 7) is 0.251. The van der Waals surface area contributed by atoms with Crippen LogP contribution in [-0.2, 0) is 28.0 Å². The number of likely N-dealkylation sites (N-methyl/N-ethyl adjacent to an activating group) is 1. The van der Waals surface area contributed by atoms with Crippen molar-refractivity contribution >= 4 is 19.7 Å². The van der Waals surface area contributed by atoms with Crippen LogP contribution in [0.15, 0.2) is 9.98 Å². The molecule has 3 aliphatic rings. The maximum atomic E-state index is 11.6. The molecular formula is C21H42N7O14P. The minimum absolute atomic E-state index is 0.496. The Kier molecular flexibility index (Phi) is 12.1. The number of guanidine groups is 2. The van der Waals surface area contributed by atoms with Gasteiger partial charge in [-0.3, -0.25) is 4.52 Å². The van der Waals surface area contributed by atoms with Crippen molar-refractivity contribution in [3.8, 4) is 0 Å². The summed E-state index contributed by atoms with van der Waals surface area (Å²) < 4.78 is 40.0. The van der Waals surface area contributed by atoms with E-state index >= 15 is 0 Å². The lowest BCUT2D eigenvalue weighted by Gasteiger charge is -2.46. The molecule has 0 aromatic carbocycles. The van der Waals surface area contributed by atoms with E-state index in [1.54, 1.807) is 6.92 Å². The smallest absolute Gasteiger partial charge is 0.396 e. The fourth-order valence-electron chi connectivity index (χ4n) is 5.47. The third kappa shape index (κ3) is 8.09. The molecule has 0 amide bonds. The molecule has 2 heterocycles. The molecule has 250 valence electrons. The first kappa shape index (κ1) is 35.7. The van der Waals surface area contributed by atoms with Crippen molar-refractivity contribution in [3.63, 3.8) is 0 Å². The van der Waals surface area contributed by atoms with E-state index in [2.05, 4.69) is 15.3 Å². The second kappa shape index (κ2) is 14.5. The summed E-state index contributed by atoms with van der Waals surface area (Å²) in [4.78, 5) is 26.5. The molecule has 2 saturated heterocycles. The molecule has 0 aromatic heterocycles. The van der Waals surface area contributed by atoms with Gasteiger partial charge in [0.05, 0.1) is 25.4 Å².